The van der Waals surface area contributed by atoms with E-state index in [1.807, 2.05) is 30.3 Å². The maximum Gasteiger partial charge on any atom is 0.243 e. The average Bonchev–Trinajstić information content (AvgIpc) is 2.63. The Balaban J connectivity index is 1.60. The summed E-state index contributed by atoms with van der Waals surface area (Å²) in [6.07, 6.45) is -0.572. The van der Waals surface area contributed by atoms with E-state index in [-0.39, 0.29) is 4.90 Å². The van der Waals surface area contributed by atoms with Crippen molar-refractivity contribution in [3.63, 3.8) is 0 Å². The van der Waals surface area contributed by atoms with Crippen LogP contribution in [0.2, 0.25) is 5.02 Å². The van der Waals surface area contributed by atoms with Gasteiger partial charge in [-0.1, -0.05) is 48.0 Å². The van der Waals surface area contributed by atoms with Crippen LogP contribution in [0.25, 0.3) is 0 Å². The summed E-state index contributed by atoms with van der Waals surface area (Å²) < 4.78 is 26.9. The lowest BCUT2D eigenvalue weighted by atomic mass is 10.1. The van der Waals surface area contributed by atoms with Crippen molar-refractivity contribution in [1.82, 2.24) is 9.21 Å². The first-order chi connectivity index (χ1) is 12.0. The van der Waals surface area contributed by atoms with Gasteiger partial charge in [0.25, 0.3) is 0 Å². The summed E-state index contributed by atoms with van der Waals surface area (Å²) in [7, 11) is -3.53. The summed E-state index contributed by atoms with van der Waals surface area (Å²) in [6, 6.07) is 15.8. The number of rotatable bonds is 5. The molecule has 0 radical (unpaired) electrons. The monoisotopic (exact) mass is 380 g/mol. The van der Waals surface area contributed by atoms with E-state index in [4.69, 9.17) is 11.6 Å². The Bertz CT molecular complexity index is 806. The highest BCUT2D eigenvalue weighted by molar-refractivity contribution is 7.89. The third-order valence-electron chi connectivity index (χ3n) is 4.38. The van der Waals surface area contributed by atoms with E-state index in [2.05, 4.69) is 4.90 Å². The van der Waals surface area contributed by atoms with Crippen molar-refractivity contribution in [3.05, 3.63) is 65.2 Å². The minimum atomic E-state index is -3.53. The highest BCUT2D eigenvalue weighted by Gasteiger charge is 2.29. The van der Waals surface area contributed by atoms with Crippen LogP contribution in [0.5, 0.6) is 0 Å². The van der Waals surface area contributed by atoms with Gasteiger partial charge in [-0.2, -0.15) is 4.31 Å². The van der Waals surface area contributed by atoms with E-state index in [1.165, 1.54) is 10.4 Å². The fraction of sp³-hybridized carbons (Fsp3) is 0.333. The second-order valence-electron chi connectivity index (χ2n) is 6.09. The molecule has 0 saturated carbocycles. The van der Waals surface area contributed by atoms with Gasteiger partial charge in [0, 0.05) is 37.7 Å². The molecule has 0 aromatic heterocycles. The molecule has 0 amide bonds. The molecule has 2 aromatic carbocycles. The number of aliphatic hydroxyl groups excluding tert-OH is 1. The molecule has 1 unspecified atom stereocenters. The Morgan fingerprint density at radius 2 is 1.68 bits per heavy atom. The summed E-state index contributed by atoms with van der Waals surface area (Å²) in [4.78, 5) is 2.31. The SMILES string of the molecule is O=S(=O)(c1cccc(Cl)c1)N1CCN(CC(O)c2ccccc2)CC1. The molecule has 1 atom stereocenters. The minimum absolute atomic E-state index is 0.220. The largest absolute Gasteiger partial charge is 0.387 e. The van der Waals surface area contributed by atoms with Gasteiger partial charge in [0.2, 0.25) is 10.0 Å². The van der Waals surface area contributed by atoms with Crippen LogP contribution in [0.4, 0.5) is 0 Å². The molecule has 134 valence electrons. The predicted octanol–water partition coefficient (Wildman–Crippen LogP) is 2.38. The lowest BCUT2D eigenvalue weighted by molar-refractivity contribution is 0.0921. The van der Waals surface area contributed by atoms with Crippen molar-refractivity contribution in [2.45, 2.75) is 11.0 Å². The number of piperazine rings is 1. The van der Waals surface area contributed by atoms with Crippen LogP contribution in [0.3, 0.4) is 0 Å². The minimum Gasteiger partial charge on any atom is -0.387 e. The number of β-amino-alcohol motifs (C(OH)–C–C–N with tert-alkyl or cyclic N) is 1. The molecular weight excluding hydrogens is 360 g/mol. The first kappa shape index (κ1) is 18.4. The van der Waals surface area contributed by atoms with Gasteiger partial charge in [-0.15, -0.1) is 0 Å². The average molecular weight is 381 g/mol. The molecule has 1 saturated heterocycles. The van der Waals surface area contributed by atoms with Crippen LogP contribution < -0.4 is 0 Å². The topological polar surface area (TPSA) is 60.9 Å². The van der Waals surface area contributed by atoms with Gasteiger partial charge in [-0.05, 0) is 23.8 Å². The van der Waals surface area contributed by atoms with Gasteiger partial charge in [-0.25, -0.2) is 8.42 Å². The summed E-state index contributed by atoms with van der Waals surface area (Å²) in [5, 5.41) is 10.7. The molecule has 1 aliphatic heterocycles. The highest BCUT2D eigenvalue weighted by atomic mass is 35.5. The van der Waals surface area contributed by atoms with E-state index in [1.54, 1.807) is 18.2 Å². The quantitative estimate of drug-likeness (QED) is 0.865. The second kappa shape index (κ2) is 7.85. The van der Waals surface area contributed by atoms with Crippen molar-refractivity contribution < 1.29 is 13.5 Å². The van der Waals surface area contributed by atoms with Gasteiger partial charge in [0.05, 0.1) is 11.0 Å². The number of benzene rings is 2. The molecule has 1 heterocycles. The number of sulfonamides is 1. The summed E-state index contributed by atoms with van der Waals surface area (Å²) >= 11 is 5.91. The molecule has 0 spiro atoms. The van der Waals surface area contributed by atoms with E-state index < -0.39 is 16.1 Å². The van der Waals surface area contributed by atoms with Crippen LogP contribution in [0.15, 0.2) is 59.5 Å². The van der Waals surface area contributed by atoms with Crippen LogP contribution in [0.1, 0.15) is 11.7 Å². The lowest BCUT2D eigenvalue weighted by Gasteiger charge is -2.35. The highest BCUT2D eigenvalue weighted by Crippen LogP contribution is 2.22. The molecule has 3 rings (SSSR count). The molecule has 1 aliphatic rings. The Morgan fingerprint density at radius 1 is 1.00 bits per heavy atom. The standard InChI is InChI=1S/C18H21ClN2O3S/c19-16-7-4-8-17(13-16)25(23,24)21-11-9-20(10-12-21)14-18(22)15-5-2-1-3-6-15/h1-8,13,18,22H,9-12,14H2. The Labute approximate surface area is 153 Å². The zero-order chi connectivity index (χ0) is 17.9. The van der Waals surface area contributed by atoms with Gasteiger partial charge in [-0.3, -0.25) is 4.90 Å². The number of aliphatic hydroxyl groups is 1. The van der Waals surface area contributed by atoms with Crippen molar-refractivity contribution in [2.75, 3.05) is 32.7 Å². The third kappa shape index (κ3) is 4.40. The van der Waals surface area contributed by atoms with Gasteiger partial charge in [0.1, 0.15) is 0 Å². The van der Waals surface area contributed by atoms with Crippen LogP contribution in [-0.2, 0) is 10.0 Å². The Hall–Kier alpha value is -1.44. The number of halogens is 1. The molecule has 0 bridgehead atoms. The summed E-state index contributed by atoms with van der Waals surface area (Å²) in [6.45, 7) is 2.47. The zero-order valence-electron chi connectivity index (χ0n) is 13.8. The van der Waals surface area contributed by atoms with E-state index in [9.17, 15) is 13.5 Å². The molecule has 2 aromatic rings. The Kier molecular flexibility index (Phi) is 5.76. The smallest absolute Gasteiger partial charge is 0.243 e. The molecule has 7 heteroatoms. The third-order valence-corrected chi connectivity index (χ3v) is 6.51. The van der Waals surface area contributed by atoms with Crippen molar-refractivity contribution in [1.29, 1.82) is 0 Å². The number of nitrogens with zero attached hydrogens (tertiary/aromatic N) is 2. The summed E-state index contributed by atoms with van der Waals surface area (Å²) in [5.41, 5.74) is 0.872. The maximum absolute atomic E-state index is 12.7. The molecule has 1 N–H and O–H groups in total. The fourth-order valence-electron chi connectivity index (χ4n) is 2.95. The maximum atomic E-state index is 12.7. The zero-order valence-corrected chi connectivity index (χ0v) is 15.3. The van der Waals surface area contributed by atoms with Crippen LogP contribution in [-0.4, -0.2) is 55.5 Å². The molecule has 5 nitrogen and oxygen atoms in total. The van der Waals surface area contributed by atoms with Gasteiger partial charge >= 0.3 is 0 Å². The molecular formula is C18H21ClN2O3S. The number of hydrogen-bond acceptors (Lipinski definition) is 4. The van der Waals surface area contributed by atoms with Crippen LogP contribution in [0, 0.1) is 0 Å². The first-order valence-electron chi connectivity index (χ1n) is 8.18. The summed E-state index contributed by atoms with van der Waals surface area (Å²) in [5.74, 6) is 0. The van der Waals surface area contributed by atoms with E-state index in [0.717, 1.165) is 5.56 Å². The van der Waals surface area contributed by atoms with Crippen molar-refractivity contribution in [3.8, 4) is 0 Å². The Morgan fingerprint density at radius 3 is 2.32 bits per heavy atom. The molecule has 1 fully saturated rings. The predicted molar refractivity (Wildman–Crippen MR) is 98.1 cm³/mol. The normalized spacial score (nSPS) is 18.2. The van der Waals surface area contributed by atoms with Gasteiger partial charge in [0.15, 0.2) is 0 Å². The van der Waals surface area contributed by atoms with Crippen LogP contribution >= 0.6 is 11.6 Å². The van der Waals surface area contributed by atoms with Gasteiger partial charge < -0.3 is 5.11 Å². The fourth-order valence-corrected chi connectivity index (χ4v) is 4.68. The van der Waals surface area contributed by atoms with E-state index in [0.29, 0.717) is 37.7 Å². The number of hydrogen-bond donors (Lipinski definition) is 1. The molecule has 0 aliphatic carbocycles. The molecule has 25 heavy (non-hydrogen) atoms. The van der Waals surface area contributed by atoms with E-state index >= 15 is 0 Å². The van der Waals surface area contributed by atoms with Crippen molar-refractivity contribution >= 4 is 21.6 Å². The first-order valence-corrected chi connectivity index (χ1v) is 10.00. The van der Waals surface area contributed by atoms with Crippen molar-refractivity contribution in [2.24, 2.45) is 0 Å². The second-order valence-corrected chi connectivity index (χ2v) is 8.46. The lowest BCUT2D eigenvalue weighted by Crippen LogP contribution is -2.49.